The number of hydrogen-bond donors (Lipinski definition) is 1. The van der Waals surface area contributed by atoms with Gasteiger partial charge in [0.2, 0.25) is 6.79 Å². The topological polar surface area (TPSA) is 83.1 Å². The maximum absolute atomic E-state index is 13.8. The smallest absolute Gasteiger partial charge is 0.336 e. The third-order valence-corrected chi connectivity index (χ3v) is 7.47. The summed E-state index contributed by atoms with van der Waals surface area (Å²) in [5, 5.41) is 3.39. The predicted octanol–water partition coefficient (Wildman–Crippen LogP) is 5.12. The maximum atomic E-state index is 13.8. The van der Waals surface area contributed by atoms with Crippen molar-refractivity contribution < 1.29 is 28.5 Å². The van der Waals surface area contributed by atoms with Crippen LogP contribution in [-0.2, 0) is 19.1 Å². The first kappa shape index (κ1) is 24.6. The third-order valence-electron chi connectivity index (χ3n) is 6.79. The number of carbonyl (C=O) groups excluding carboxylic acids is 2. The van der Waals surface area contributed by atoms with Crippen LogP contribution in [0.15, 0.2) is 69.5 Å². The monoisotopic (exact) mass is 553 g/mol. The van der Waals surface area contributed by atoms with Crippen molar-refractivity contribution >= 4 is 27.7 Å². The predicted molar refractivity (Wildman–Crippen MR) is 137 cm³/mol. The second kappa shape index (κ2) is 10.5. The van der Waals surface area contributed by atoms with Crippen LogP contribution in [0.4, 0.5) is 0 Å². The molecule has 2 heterocycles. The first-order chi connectivity index (χ1) is 17.5. The molecule has 7 nitrogen and oxygen atoms in total. The van der Waals surface area contributed by atoms with Gasteiger partial charge in [-0.05, 0) is 49.4 Å². The second-order valence-corrected chi connectivity index (χ2v) is 9.84. The van der Waals surface area contributed by atoms with E-state index >= 15 is 0 Å². The normalized spacial score (nSPS) is 20.8. The van der Waals surface area contributed by atoms with Crippen LogP contribution in [0.25, 0.3) is 0 Å². The molecule has 3 aliphatic rings. The molecule has 0 unspecified atom stereocenters. The fourth-order valence-corrected chi connectivity index (χ4v) is 5.70. The SMILES string of the molecule is CCOCCOC(=O)C1=C(C)NC2=C(C(=O)C[C@H](c3ccccc3)C2)[C@@H]1c1cc2c(cc1Br)OCO2. The number of benzene rings is 2. The van der Waals surface area contributed by atoms with Crippen LogP contribution < -0.4 is 14.8 Å². The van der Waals surface area contributed by atoms with E-state index in [4.69, 9.17) is 18.9 Å². The van der Waals surface area contributed by atoms with Crippen LogP contribution in [0.2, 0.25) is 0 Å². The average molecular weight is 554 g/mol. The van der Waals surface area contributed by atoms with Gasteiger partial charge < -0.3 is 24.3 Å². The first-order valence-corrected chi connectivity index (χ1v) is 12.9. The molecule has 0 saturated carbocycles. The van der Waals surface area contributed by atoms with E-state index in [9.17, 15) is 9.59 Å². The largest absolute Gasteiger partial charge is 0.460 e. The van der Waals surface area contributed by atoms with Crippen LogP contribution in [-0.4, -0.2) is 38.4 Å². The number of esters is 1. The summed E-state index contributed by atoms with van der Waals surface area (Å²) in [6, 6.07) is 13.8. The minimum atomic E-state index is -0.603. The van der Waals surface area contributed by atoms with Crippen LogP contribution in [0.3, 0.4) is 0 Å². The lowest BCUT2D eigenvalue weighted by Crippen LogP contribution is -2.36. The van der Waals surface area contributed by atoms with E-state index in [1.807, 2.05) is 44.2 Å². The molecule has 0 aromatic heterocycles. The molecule has 8 heteroatoms. The van der Waals surface area contributed by atoms with Gasteiger partial charge in [0.25, 0.3) is 0 Å². The molecule has 0 amide bonds. The standard InChI is InChI=1S/C28H28BrNO6/c1-3-33-9-10-34-28(32)25-16(2)30-21-11-18(17-7-5-4-6-8-17)12-22(31)27(21)26(25)19-13-23-24(14-20(19)29)36-15-35-23/h4-8,13-14,18,26,30H,3,9-12,15H2,1-2H3/t18-,26-/m1/s1. The van der Waals surface area contributed by atoms with E-state index in [-0.39, 0.29) is 25.1 Å². The minimum absolute atomic E-state index is 0.0132. The number of nitrogens with one attached hydrogen (secondary N) is 1. The number of fused-ring (bicyclic) bond motifs is 1. The van der Waals surface area contributed by atoms with E-state index in [0.29, 0.717) is 54.4 Å². The Labute approximate surface area is 218 Å². The molecule has 1 N–H and O–H groups in total. The van der Waals surface area contributed by atoms with Gasteiger partial charge >= 0.3 is 5.97 Å². The average Bonchev–Trinajstić information content (AvgIpc) is 3.32. The van der Waals surface area contributed by atoms with Crippen LogP contribution in [0, 0.1) is 0 Å². The van der Waals surface area contributed by atoms with Crippen molar-refractivity contribution in [1.29, 1.82) is 0 Å². The second-order valence-electron chi connectivity index (χ2n) is 8.99. The highest BCUT2D eigenvalue weighted by molar-refractivity contribution is 9.10. The van der Waals surface area contributed by atoms with Crippen molar-refractivity contribution in [2.45, 2.75) is 38.5 Å². The molecule has 0 radical (unpaired) electrons. The number of ketones is 1. The van der Waals surface area contributed by atoms with Gasteiger partial charge in [0.15, 0.2) is 17.3 Å². The highest BCUT2D eigenvalue weighted by Crippen LogP contribution is 2.49. The lowest BCUT2D eigenvalue weighted by Gasteiger charge is -2.37. The summed E-state index contributed by atoms with van der Waals surface area (Å²) >= 11 is 3.66. The van der Waals surface area contributed by atoms with Gasteiger partial charge in [-0.25, -0.2) is 4.79 Å². The van der Waals surface area contributed by atoms with Gasteiger partial charge in [-0.2, -0.15) is 0 Å². The Morgan fingerprint density at radius 1 is 1.11 bits per heavy atom. The lowest BCUT2D eigenvalue weighted by atomic mass is 9.71. The number of carbonyl (C=O) groups is 2. The molecule has 188 valence electrons. The van der Waals surface area contributed by atoms with Crippen LogP contribution in [0.5, 0.6) is 11.5 Å². The molecular weight excluding hydrogens is 526 g/mol. The molecule has 0 spiro atoms. The van der Waals surface area contributed by atoms with E-state index in [1.165, 1.54) is 0 Å². The summed E-state index contributed by atoms with van der Waals surface area (Å²) in [6.45, 7) is 4.86. The highest BCUT2D eigenvalue weighted by Gasteiger charge is 2.42. The molecular formula is C28H28BrNO6. The summed E-state index contributed by atoms with van der Waals surface area (Å²) in [5.74, 6) is 0.209. The molecule has 2 aromatic carbocycles. The van der Waals surface area contributed by atoms with E-state index in [2.05, 4.69) is 33.4 Å². The fourth-order valence-electron chi connectivity index (χ4n) is 5.15. The van der Waals surface area contributed by atoms with Crippen molar-refractivity contribution in [1.82, 2.24) is 5.32 Å². The number of halogens is 1. The Morgan fingerprint density at radius 3 is 2.61 bits per heavy atom. The van der Waals surface area contributed by atoms with Crippen molar-refractivity contribution in [3.63, 3.8) is 0 Å². The number of ether oxygens (including phenoxy) is 4. The highest BCUT2D eigenvalue weighted by atomic mass is 79.9. The van der Waals surface area contributed by atoms with E-state index < -0.39 is 11.9 Å². The van der Waals surface area contributed by atoms with Gasteiger partial charge in [-0.1, -0.05) is 46.3 Å². The van der Waals surface area contributed by atoms with Crippen LogP contribution in [0.1, 0.15) is 49.7 Å². The summed E-state index contributed by atoms with van der Waals surface area (Å²) in [5.41, 5.74) is 4.42. The van der Waals surface area contributed by atoms with Gasteiger partial charge in [0.05, 0.1) is 12.2 Å². The van der Waals surface area contributed by atoms with Crippen LogP contribution >= 0.6 is 15.9 Å². The lowest BCUT2D eigenvalue weighted by molar-refractivity contribution is -0.140. The molecule has 36 heavy (non-hydrogen) atoms. The molecule has 2 aliphatic heterocycles. The first-order valence-electron chi connectivity index (χ1n) is 12.1. The van der Waals surface area contributed by atoms with E-state index in [0.717, 1.165) is 21.3 Å². The van der Waals surface area contributed by atoms with Crippen molar-refractivity contribution in [3.8, 4) is 11.5 Å². The quantitative estimate of drug-likeness (QED) is 0.376. The summed E-state index contributed by atoms with van der Waals surface area (Å²) < 4.78 is 22.8. The Balaban J connectivity index is 1.56. The summed E-state index contributed by atoms with van der Waals surface area (Å²) in [7, 11) is 0. The van der Waals surface area contributed by atoms with Crippen molar-refractivity contribution in [3.05, 3.63) is 80.6 Å². The number of rotatable bonds is 7. The molecule has 2 atom stereocenters. The Morgan fingerprint density at radius 2 is 1.86 bits per heavy atom. The molecule has 0 saturated heterocycles. The molecule has 0 fully saturated rings. The molecule has 5 rings (SSSR count). The zero-order chi connectivity index (χ0) is 25.2. The zero-order valence-corrected chi connectivity index (χ0v) is 21.9. The summed E-state index contributed by atoms with van der Waals surface area (Å²) in [6.07, 6.45) is 1.04. The summed E-state index contributed by atoms with van der Waals surface area (Å²) in [4.78, 5) is 27.1. The molecule has 1 aliphatic carbocycles. The maximum Gasteiger partial charge on any atom is 0.336 e. The molecule has 2 aromatic rings. The van der Waals surface area contributed by atoms with Gasteiger partial charge in [-0.15, -0.1) is 0 Å². The molecule has 0 bridgehead atoms. The minimum Gasteiger partial charge on any atom is -0.460 e. The zero-order valence-electron chi connectivity index (χ0n) is 20.3. The Kier molecular flexibility index (Phi) is 7.16. The number of dihydropyridines is 1. The number of Topliss-reactive ketones (excluding diaryl/α,β-unsaturated/α-hetero) is 1. The van der Waals surface area contributed by atoms with Crippen molar-refractivity contribution in [2.75, 3.05) is 26.6 Å². The Bertz CT molecular complexity index is 1250. The van der Waals surface area contributed by atoms with Gasteiger partial charge in [-0.3, -0.25) is 4.79 Å². The van der Waals surface area contributed by atoms with Crippen molar-refractivity contribution in [2.24, 2.45) is 0 Å². The van der Waals surface area contributed by atoms with Gasteiger partial charge in [0, 0.05) is 40.4 Å². The van der Waals surface area contributed by atoms with E-state index in [1.54, 1.807) is 0 Å². The fraction of sp³-hybridized carbons (Fsp3) is 0.357. The number of hydrogen-bond acceptors (Lipinski definition) is 7. The third kappa shape index (κ3) is 4.67. The Hall–Kier alpha value is -3.10. The van der Waals surface area contributed by atoms with Gasteiger partial charge in [0.1, 0.15) is 6.61 Å². The number of allylic oxidation sites excluding steroid dienone is 3.